The van der Waals surface area contributed by atoms with Crippen molar-refractivity contribution in [3.05, 3.63) is 42.6 Å². The predicted octanol–water partition coefficient (Wildman–Crippen LogP) is 3.98. The zero-order valence-electron chi connectivity index (χ0n) is 8.31. The number of halogens is 1. The maximum absolute atomic E-state index is 5.47. The van der Waals surface area contributed by atoms with Crippen molar-refractivity contribution in [1.82, 2.24) is 4.98 Å². The molecular weight excluding hydrogens is 270 g/mol. The first-order chi connectivity index (χ1) is 7.90. The van der Waals surface area contributed by atoms with E-state index >= 15 is 0 Å². The van der Waals surface area contributed by atoms with Crippen LogP contribution in [-0.4, -0.2) is 4.98 Å². The van der Waals surface area contributed by atoms with Gasteiger partial charge in [-0.2, -0.15) is 0 Å². The molecule has 0 fully saturated rings. The number of aromatic nitrogens is 1. The first-order valence-electron chi connectivity index (χ1n) is 4.85. The molecule has 16 heavy (non-hydrogen) atoms. The van der Waals surface area contributed by atoms with E-state index < -0.39 is 0 Å². The Hall–Kier alpha value is -1.55. The molecule has 4 heteroatoms. The fourth-order valence-corrected chi connectivity index (χ4v) is 2.14. The lowest BCUT2D eigenvalue weighted by molar-refractivity contribution is 0.567. The first kappa shape index (κ1) is 9.66. The summed E-state index contributed by atoms with van der Waals surface area (Å²) in [7, 11) is 0. The zero-order valence-corrected chi connectivity index (χ0v) is 9.90. The molecule has 80 valence electrons. The standard InChI is InChI=1S/C12H8BrNO2/c13-5-10-12(16-7-14-10)9-6-15-11-4-2-1-3-8(9)11/h1-4,6-7H,5H2. The number of alkyl halides is 1. The van der Waals surface area contributed by atoms with Crippen molar-refractivity contribution < 1.29 is 8.83 Å². The van der Waals surface area contributed by atoms with Gasteiger partial charge in [0.25, 0.3) is 0 Å². The van der Waals surface area contributed by atoms with Crippen LogP contribution in [-0.2, 0) is 5.33 Å². The van der Waals surface area contributed by atoms with Gasteiger partial charge in [-0.25, -0.2) is 4.98 Å². The van der Waals surface area contributed by atoms with Crippen molar-refractivity contribution in [1.29, 1.82) is 0 Å². The van der Waals surface area contributed by atoms with E-state index in [9.17, 15) is 0 Å². The Bertz CT molecular complexity index is 627. The maximum Gasteiger partial charge on any atom is 0.181 e. The lowest BCUT2D eigenvalue weighted by Crippen LogP contribution is -1.80. The van der Waals surface area contributed by atoms with Gasteiger partial charge in [0.05, 0.1) is 11.3 Å². The van der Waals surface area contributed by atoms with Crippen molar-refractivity contribution in [3.63, 3.8) is 0 Å². The van der Waals surface area contributed by atoms with E-state index in [-0.39, 0.29) is 0 Å². The number of fused-ring (bicyclic) bond motifs is 1. The van der Waals surface area contributed by atoms with Crippen molar-refractivity contribution in [2.75, 3.05) is 0 Å². The van der Waals surface area contributed by atoms with Crippen molar-refractivity contribution in [2.24, 2.45) is 0 Å². The van der Waals surface area contributed by atoms with Gasteiger partial charge in [0.1, 0.15) is 11.8 Å². The minimum Gasteiger partial charge on any atom is -0.464 e. The molecule has 0 radical (unpaired) electrons. The van der Waals surface area contributed by atoms with Crippen molar-refractivity contribution in [3.8, 4) is 11.3 Å². The molecular formula is C12H8BrNO2. The Morgan fingerprint density at radius 3 is 2.94 bits per heavy atom. The number of rotatable bonds is 2. The minimum atomic E-state index is 0.665. The van der Waals surface area contributed by atoms with Gasteiger partial charge in [-0.3, -0.25) is 0 Å². The van der Waals surface area contributed by atoms with E-state index in [0.717, 1.165) is 28.0 Å². The van der Waals surface area contributed by atoms with E-state index in [1.807, 2.05) is 24.3 Å². The third-order valence-electron chi connectivity index (χ3n) is 2.49. The molecule has 2 heterocycles. The summed E-state index contributed by atoms with van der Waals surface area (Å²) in [5.74, 6) is 0.766. The Labute approximate surface area is 100 Å². The van der Waals surface area contributed by atoms with Crippen LogP contribution in [0.5, 0.6) is 0 Å². The second-order valence-electron chi connectivity index (χ2n) is 3.41. The highest BCUT2D eigenvalue weighted by molar-refractivity contribution is 9.08. The third kappa shape index (κ3) is 1.38. The van der Waals surface area contributed by atoms with E-state index in [2.05, 4.69) is 20.9 Å². The summed E-state index contributed by atoms with van der Waals surface area (Å²) in [6, 6.07) is 7.87. The highest BCUT2D eigenvalue weighted by Crippen LogP contribution is 2.32. The Kier molecular flexibility index (Phi) is 2.29. The Morgan fingerprint density at radius 2 is 2.06 bits per heavy atom. The van der Waals surface area contributed by atoms with Gasteiger partial charge in [-0.1, -0.05) is 34.1 Å². The molecule has 0 aliphatic rings. The van der Waals surface area contributed by atoms with E-state index in [0.29, 0.717) is 5.33 Å². The fraction of sp³-hybridized carbons (Fsp3) is 0.0833. The minimum absolute atomic E-state index is 0.665. The first-order valence-corrected chi connectivity index (χ1v) is 5.97. The van der Waals surface area contributed by atoms with Crippen LogP contribution in [0.15, 0.2) is 45.8 Å². The van der Waals surface area contributed by atoms with Gasteiger partial charge >= 0.3 is 0 Å². The molecule has 3 nitrogen and oxygen atoms in total. The molecule has 0 N–H and O–H groups in total. The number of benzene rings is 1. The molecule has 3 rings (SSSR count). The maximum atomic E-state index is 5.47. The van der Waals surface area contributed by atoms with Crippen LogP contribution in [0.3, 0.4) is 0 Å². The largest absolute Gasteiger partial charge is 0.464 e. The number of oxazole rings is 1. The molecule has 0 amide bonds. The normalized spacial score (nSPS) is 11.1. The second-order valence-corrected chi connectivity index (χ2v) is 3.97. The second kappa shape index (κ2) is 3.79. The van der Waals surface area contributed by atoms with Gasteiger partial charge < -0.3 is 8.83 Å². The molecule has 0 bridgehead atoms. The lowest BCUT2D eigenvalue weighted by atomic mass is 10.1. The Morgan fingerprint density at radius 1 is 1.19 bits per heavy atom. The number of para-hydroxylation sites is 1. The van der Waals surface area contributed by atoms with Crippen LogP contribution >= 0.6 is 15.9 Å². The highest BCUT2D eigenvalue weighted by atomic mass is 79.9. The van der Waals surface area contributed by atoms with Crippen LogP contribution < -0.4 is 0 Å². The topological polar surface area (TPSA) is 39.2 Å². The molecule has 0 aliphatic heterocycles. The molecule has 0 aliphatic carbocycles. The SMILES string of the molecule is BrCc1ncoc1-c1coc2ccccc12. The fourth-order valence-electron chi connectivity index (χ4n) is 1.74. The number of hydrogen-bond acceptors (Lipinski definition) is 3. The monoisotopic (exact) mass is 277 g/mol. The van der Waals surface area contributed by atoms with Crippen LogP contribution in [0.4, 0.5) is 0 Å². The summed E-state index contributed by atoms with van der Waals surface area (Å²) in [4.78, 5) is 4.14. The average Bonchev–Trinajstić information content (AvgIpc) is 2.94. The van der Waals surface area contributed by atoms with Crippen molar-refractivity contribution >= 4 is 26.9 Å². The molecule has 1 aromatic carbocycles. The number of furan rings is 1. The van der Waals surface area contributed by atoms with E-state index in [4.69, 9.17) is 8.83 Å². The molecule has 0 unspecified atom stereocenters. The molecule has 3 aromatic rings. The summed E-state index contributed by atoms with van der Waals surface area (Å²) in [6.45, 7) is 0. The van der Waals surface area contributed by atoms with Gasteiger partial charge in [0.15, 0.2) is 12.2 Å². The quantitative estimate of drug-likeness (QED) is 0.665. The number of nitrogens with zero attached hydrogens (tertiary/aromatic N) is 1. The zero-order chi connectivity index (χ0) is 11.0. The predicted molar refractivity (Wildman–Crippen MR) is 64.3 cm³/mol. The van der Waals surface area contributed by atoms with Crippen molar-refractivity contribution in [2.45, 2.75) is 5.33 Å². The summed E-state index contributed by atoms with van der Waals surface area (Å²) in [5, 5.41) is 1.71. The smallest absolute Gasteiger partial charge is 0.181 e. The molecule has 0 atom stereocenters. The summed E-state index contributed by atoms with van der Waals surface area (Å²) in [6.07, 6.45) is 3.16. The third-order valence-corrected chi connectivity index (χ3v) is 3.02. The van der Waals surface area contributed by atoms with Crippen LogP contribution in [0.2, 0.25) is 0 Å². The molecule has 0 spiro atoms. The van der Waals surface area contributed by atoms with Gasteiger partial charge in [-0.05, 0) is 6.07 Å². The van der Waals surface area contributed by atoms with Crippen LogP contribution in [0.1, 0.15) is 5.69 Å². The summed E-state index contributed by atoms with van der Waals surface area (Å²) in [5.41, 5.74) is 2.68. The van der Waals surface area contributed by atoms with Gasteiger partial charge in [0.2, 0.25) is 0 Å². The molecule has 2 aromatic heterocycles. The van der Waals surface area contributed by atoms with Gasteiger partial charge in [-0.15, -0.1) is 0 Å². The summed E-state index contributed by atoms with van der Waals surface area (Å²) >= 11 is 3.38. The summed E-state index contributed by atoms with van der Waals surface area (Å²) < 4.78 is 10.9. The number of hydrogen-bond donors (Lipinski definition) is 0. The molecule has 0 saturated carbocycles. The van der Waals surface area contributed by atoms with E-state index in [1.54, 1.807) is 6.26 Å². The lowest BCUT2D eigenvalue weighted by Gasteiger charge is -1.94. The van der Waals surface area contributed by atoms with E-state index in [1.165, 1.54) is 6.39 Å². The van der Waals surface area contributed by atoms with Crippen LogP contribution in [0, 0.1) is 0 Å². The van der Waals surface area contributed by atoms with Crippen LogP contribution in [0.25, 0.3) is 22.3 Å². The average molecular weight is 278 g/mol. The molecule has 0 saturated heterocycles. The Balaban J connectivity index is 2.26. The highest BCUT2D eigenvalue weighted by Gasteiger charge is 2.14. The van der Waals surface area contributed by atoms with Gasteiger partial charge in [0, 0.05) is 10.7 Å².